The first kappa shape index (κ1) is 4.16. The lowest BCUT2D eigenvalue weighted by molar-refractivity contribution is 1.40. The minimum absolute atomic E-state index is 0.929. The predicted octanol–water partition coefficient (Wildman–Crippen LogP) is 0.806. The Morgan fingerprint density at radius 2 is 2.57 bits per heavy atom. The molecule has 1 aliphatic heterocycles. The van der Waals surface area contributed by atoms with Crippen LogP contribution >= 0.6 is 0 Å². The van der Waals surface area contributed by atoms with Crippen LogP contribution in [-0.2, 0) is 0 Å². The summed E-state index contributed by atoms with van der Waals surface area (Å²) in [5.74, 6) is 0. The molecule has 0 spiro atoms. The van der Waals surface area contributed by atoms with E-state index >= 15 is 0 Å². The zero-order chi connectivity index (χ0) is 5.11. The molecule has 0 radical (unpaired) electrons. The number of aliphatic imine (C=N–C) groups is 2. The smallest absolute Gasteiger partial charge is 0.205 e. The molecule has 1 aliphatic rings. The molecule has 2 heteroatoms. The minimum atomic E-state index is 0.929. The van der Waals surface area contributed by atoms with E-state index in [0.29, 0.717) is 0 Å². The van der Waals surface area contributed by atoms with Gasteiger partial charge in [0.2, 0.25) is 6.20 Å². The highest BCUT2D eigenvalue weighted by molar-refractivity contribution is 6.30. The van der Waals surface area contributed by atoms with Gasteiger partial charge in [-0.3, -0.25) is 0 Å². The molecule has 0 fully saturated rings. The van der Waals surface area contributed by atoms with E-state index in [-0.39, 0.29) is 0 Å². The molecule has 0 aromatic rings. The maximum Gasteiger partial charge on any atom is 0.239 e. The van der Waals surface area contributed by atoms with Gasteiger partial charge in [-0.05, 0) is 11.9 Å². The van der Waals surface area contributed by atoms with Crippen molar-refractivity contribution in [2.75, 3.05) is 0 Å². The van der Waals surface area contributed by atoms with Crippen molar-refractivity contribution in [3.63, 3.8) is 0 Å². The maximum atomic E-state index is 3.86. The SMILES string of the molecule is CC1=NC=[C+]N=C1. The molecular formula is C5H5N2+. The standard InChI is InChI=1S/C5H5N2/c1-5-4-6-2-3-7-5/h3-4H,1H3/q+1. The molecule has 0 aliphatic carbocycles. The van der Waals surface area contributed by atoms with Crippen molar-refractivity contribution in [1.29, 1.82) is 0 Å². The van der Waals surface area contributed by atoms with Crippen LogP contribution in [0.3, 0.4) is 0 Å². The van der Waals surface area contributed by atoms with Crippen molar-refractivity contribution >= 4 is 11.9 Å². The van der Waals surface area contributed by atoms with Gasteiger partial charge in [-0.1, -0.05) is 0 Å². The summed E-state index contributed by atoms with van der Waals surface area (Å²) in [6.07, 6.45) is 5.79. The lowest BCUT2D eigenvalue weighted by Crippen LogP contribution is -1.92. The fraction of sp³-hybridized carbons (Fsp3) is 0.200. The molecule has 0 amide bonds. The summed E-state index contributed by atoms with van der Waals surface area (Å²) in [5, 5.41) is 0. The van der Waals surface area contributed by atoms with Crippen LogP contribution in [0.5, 0.6) is 0 Å². The summed E-state index contributed by atoms with van der Waals surface area (Å²) in [6.45, 7) is 1.89. The van der Waals surface area contributed by atoms with E-state index in [9.17, 15) is 0 Å². The average molecular weight is 93.1 g/mol. The molecule has 1 rings (SSSR count). The molecule has 0 N–H and O–H groups in total. The number of hydrogen-bond acceptors (Lipinski definition) is 2. The van der Waals surface area contributed by atoms with Crippen LogP contribution in [0.1, 0.15) is 6.92 Å². The van der Waals surface area contributed by atoms with Gasteiger partial charge in [0, 0.05) is 0 Å². The molecule has 2 nitrogen and oxygen atoms in total. The van der Waals surface area contributed by atoms with Gasteiger partial charge in [0.15, 0.2) is 12.4 Å². The van der Waals surface area contributed by atoms with Crippen molar-refractivity contribution < 1.29 is 0 Å². The molecule has 0 saturated heterocycles. The fourth-order valence-corrected chi connectivity index (χ4v) is 0.328. The predicted molar refractivity (Wildman–Crippen MR) is 29.4 cm³/mol. The summed E-state index contributed by atoms with van der Waals surface area (Å²) < 4.78 is 0. The van der Waals surface area contributed by atoms with Gasteiger partial charge in [0.1, 0.15) is 5.71 Å². The number of hydrogen-bond donors (Lipinski definition) is 0. The lowest BCUT2D eigenvalue weighted by atomic mass is 10.4. The Hall–Kier alpha value is -1.01. The minimum Gasteiger partial charge on any atom is -0.205 e. The van der Waals surface area contributed by atoms with Gasteiger partial charge in [-0.15, -0.1) is 0 Å². The van der Waals surface area contributed by atoms with Crippen molar-refractivity contribution in [2.45, 2.75) is 6.92 Å². The molecule has 0 unspecified atom stereocenters. The van der Waals surface area contributed by atoms with E-state index in [1.807, 2.05) is 6.92 Å². The second-order valence-corrected chi connectivity index (χ2v) is 1.29. The third kappa shape index (κ3) is 0.913. The van der Waals surface area contributed by atoms with Gasteiger partial charge >= 0.3 is 0 Å². The first-order chi connectivity index (χ1) is 3.39. The van der Waals surface area contributed by atoms with Gasteiger partial charge in [0.25, 0.3) is 0 Å². The summed E-state index contributed by atoms with van der Waals surface area (Å²) in [5.41, 5.74) is 0.929. The van der Waals surface area contributed by atoms with Crippen molar-refractivity contribution in [2.24, 2.45) is 9.98 Å². The van der Waals surface area contributed by atoms with Crippen LogP contribution in [0.25, 0.3) is 0 Å². The molecule has 0 atom stereocenters. The number of nitrogens with zero attached hydrogens (tertiary/aromatic N) is 2. The molecule has 0 saturated carbocycles. The highest BCUT2D eigenvalue weighted by Crippen LogP contribution is 1.83. The summed E-state index contributed by atoms with van der Waals surface area (Å²) in [7, 11) is 0. The normalized spacial score (nSPS) is 15.9. The summed E-state index contributed by atoms with van der Waals surface area (Å²) in [4.78, 5) is 7.56. The van der Waals surface area contributed by atoms with E-state index in [0.717, 1.165) is 5.71 Å². The van der Waals surface area contributed by atoms with Gasteiger partial charge in [-0.25, -0.2) is 4.99 Å². The molecule has 0 aromatic heterocycles. The van der Waals surface area contributed by atoms with Crippen LogP contribution in [0.4, 0.5) is 0 Å². The van der Waals surface area contributed by atoms with E-state index in [4.69, 9.17) is 0 Å². The Labute approximate surface area is 42.3 Å². The Morgan fingerprint density at radius 3 is 2.86 bits per heavy atom. The molecule has 34 valence electrons. The average Bonchev–Trinajstić information content (AvgIpc) is 1.69. The Balaban J connectivity index is 2.82. The van der Waals surface area contributed by atoms with Crippen LogP contribution in [0.15, 0.2) is 16.2 Å². The van der Waals surface area contributed by atoms with E-state index < -0.39 is 0 Å². The monoisotopic (exact) mass is 93.0 g/mol. The van der Waals surface area contributed by atoms with Crippen LogP contribution in [-0.4, -0.2) is 11.9 Å². The maximum absolute atomic E-state index is 3.86. The Morgan fingerprint density at radius 1 is 1.71 bits per heavy atom. The molecule has 0 bridgehead atoms. The van der Waals surface area contributed by atoms with Gasteiger partial charge < -0.3 is 0 Å². The second kappa shape index (κ2) is 1.63. The largest absolute Gasteiger partial charge is 0.239 e. The molecular weight excluding hydrogens is 88.1 g/mol. The van der Waals surface area contributed by atoms with E-state index in [1.54, 1.807) is 12.4 Å². The van der Waals surface area contributed by atoms with E-state index in [2.05, 4.69) is 16.2 Å². The molecule has 7 heavy (non-hydrogen) atoms. The van der Waals surface area contributed by atoms with E-state index in [1.165, 1.54) is 0 Å². The molecule has 1 heterocycles. The zero-order valence-electron chi connectivity index (χ0n) is 4.05. The van der Waals surface area contributed by atoms with Crippen molar-refractivity contribution in [1.82, 2.24) is 0 Å². The Kier molecular flexibility index (Phi) is 0.966. The topological polar surface area (TPSA) is 24.7 Å². The summed E-state index contributed by atoms with van der Waals surface area (Å²) >= 11 is 0. The van der Waals surface area contributed by atoms with Gasteiger partial charge in [0.05, 0.1) is 0 Å². The van der Waals surface area contributed by atoms with Crippen molar-refractivity contribution in [3.05, 3.63) is 12.4 Å². The highest BCUT2D eigenvalue weighted by Gasteiger charge is 1.93. The highest BCUT2D eigenvalue weighted by atomic mass is 14.8. The Bertz CT molecular complexity index is 142. The first-order valence-corrected chi connectivity index (χ1v) is 2.04. The van der Waals surface area contributed by atoms with Crippen LogP contribution in [0, 0.1) is 6.20 Å². The fourth-order valence-electron chi connectivity index (χ4n) is 0.328. The molecule has 0 aromatic carbocycles. The lowest BCUT2D eigenvalue weighted by Gasteiger charge is -1.76. The third-order valence-corrected chi connectivity index (χ3v) is 0.652. The number of rotatable bonds is 0. The summed E-state index contributed by atoms with van der Waals surface area (Å²) in [6, 6.07) is 0. The van der Waals surface area contributed by atoms with Crippen molar-refractivity contribution in [3.8, 4) is 0 Å². The zero-order valence-corrected chi connectivity index (χ0v) is 4.05. The third-order valence-electron chi connectivity index (χ3n) is 0.652. The second-order valence-electron chi connectivity index (χ2n) is 1.29. The first-order valence-electron chi connectivity index (χ1n) is 2.04. The van der Waals surface area contributed by atoms with Crippen LogP contribution < -0.4 is 0 Å². The van der Waals surface area contributed by atoms with Gasteiger partial charge in [-0.2, -0.15) is 0 Å². The quantitative estimate of drug-likeness (QED) is 0.396. The van der Waals surface area contributed by atoms with Crippen LogP contribution in [0.2, 0.25) is 0 Å².